The normalized spacial score (nSPS) is 18.1. The second kappa shape index (κ2) is 5.98. The summed E-state index contributed by atoms with van der Waals surface area (Å²) in [5, 5.41) is 3.44. The summed E-state index contributed by atoms with van der Waals surface area (Å²) >= 11 is 0. The molecular weight excluding hydrogens is 224 g/mol. The van der Waals surface area contributed by atoms with Gasteiger partial charge in [-0.2, -0.15) is 4.31 Å². The van der Waals surface area contributed by atoms with Crippen molar-refractivity contribution >= 4 is 10.0 Å². The summed E-state index contributed by atoms with van der Waals surface area (Å²) in [6.07, 6.45) is 6.06. The van der Waals surface area contributed by atoms with E-state index in [1.54, 1.807) is 4.31 Å². The maximum Gasteiger partial charge on any atom is 0.211 e. The van der Waals surface area contributed by atoms with Crippen LogP contribution in [0.5, 0.6) is 0 Å². The lowest BCUT2D eigenvalue weighted by Crippen LogP contribution is -2.40. The van der Waals surface area contributed by atoms with Crippen molar-refractivity contribution < 1.29 is 8.42 Å². The number of hydrogen-bond acceptors (Lipinski definition) is 3. The molecule has 0 bridgehead atoms. The van der Waals surface area contributed by atoms with E-state index in [0.29, 0.717) is 12.6 Å². The standard InChI is InChI=1S/C11H24N2O2S/c1-10(2)13(16(3,14)15)9-5-8-12-11-6-4-7-11/h10-12H,4-9H2,1-3H3. The quantitative estimate of drug-likeness (QED) is 0.689. The Hall–Kier alpha value is -0.130. The van der Waals surface area contributed by atoms with Crippen molar-refractivity contribution in [3.63, 3.8) is 0 Å². The van der Waals surface area contributed by atoms with Crippen LogP contribution in [-0.2, 0) is 10.0 Å². The summed E-state index contributed by atoms with van der Waals surface area (Å²) in [5.41, 5.74) is 0. The molecule has 0 radical (unpaired) electrons. The first-order valence-corrected chi connectivity index (χ1v) is 7.96. The van der Waals surface area contributed by atoms with Gasteiger partial charge >= 0.3 is 0 Å². The van der Waals surface area contributed by atoms with Crippen molar-refractivity contribution in [3.05, 3.63) is 0 Å². The second-order valence-corrected chi connectivity index (χ2v) is 6.84. The van der Waals surface area contributed by atoms with Crippen LogP contribution < -0.4 is 5.32 Å². The SMILES string of the molecule is CC(C)N(CCCNC1CCC1)S(C)(=O)=O. The lowest BCUT2D eigenvalue weighted by molar-refractivity contribution is 0.316. The van der Waals surface area contributed by atoms with Crippen molar-refractivity contribution in [2.75, 3.05) is 19.3 Å². The van der Waals surface area contributed by atoms with Crippen LogP contribution in [0.25, 0.3) is 0 Å². The fraction of sp³-hybridized carbons (Fsp3) is 1.00. The molecule has 4 nitrogen and oxygen atoms in total. The molecular formula is C11H24N2O2S. The summed E-state index contributed by atoms with van der Waals surface area (Å²) < 4.78 is 24.5. The van der Waals surface area contributed by atoms with E-state index in [0.717, 1.165) is 13.0 Å². The Kier molecular flexibility index (Phi) is 5.21. The van der Waals surface area contributed by atoms with Gasteiger partial charge in [-0.3, -0.25) is 0 Å². The molecule has 0 amide bonds. The van der Waals surface area contributed by atoms with Gasteiger partial charge in [-0.1, -0.05) is 6.42 Å². The van der Waals surface area contributed by atoms with Gasteiger partial charge in [-0.15, -0.1) is 0 Å². The van der Waals surface area contributed by atoms with E-state index in [-0.39, 0.29) is 6.04 Å². The Morgan fingerprint density at radius 3 is 2.38 bits per heavy atom. The predicted octanol–water partition coefficient (Wildman–Crippen LogP) is 1.19. The molecule has 0 saturated heterocycles. The van der Waals surface area contributed by atoms with Crippen LogP contribution in [0.2, 0.25) is 0 Å². The van der Waals surface area contributed by atoms with Crippen LogP contribution in [0.4, 0.5) is 0 Å². The topological polar surface area (TPSA) is 49.4 Å². The molecule has 1 fully saturated rings. The summed E-state index contributed by atoms with van der Waals surface area (Å²) in [7, 11) is -3.05. The highest BCUT2D eigenvalue weighted by atomic mass is 32.2. The van der Waals surface area contributed by atoms with Gasteiger partial charge in [0, 0.05) is 18.6 Å². The van der Waals surface area contributed by atoms with Crippen molar-refractivity contribution in [1.29, 1.82) is 0 Å². The van der Waals surface area contributed by atoms with Gasteiger partial charge in [0.1, 0.15) is 0 Å². The molecule has 1 saturated carbocycles. The first kappa shape index (κ1) is 13.9. The van der Waals surface area contributed by atoms with E-state index in [2.05, 4.69) is 5.32 Å². The molecule has 96 valence electrons. The predicted molar refractivity (Wildman–Crippen MR) is 66.9 cm³/mol. The fourth-order valence-electron chi connectivity index (χ4n) is 1.96. The molecule has 0 aromatic heterocycles. The highest BCUT2D eigenvalue weighted by Crippen LogP contribution is 2.17. The van der Waals surface area contributed by atoms with E-state index >= 15 is 0 Å². The van der Waals surface area contributed by atoms with E-state index in [1.165, 1.54) is 25.5 Å². The number of nitrogens with zero attached hydrogens (tertiary/aromatic N) is 1. The molecule has 0 unspecified atom stereocenters. The van der Waals surface area contributed by atoms with Crippen molar-refractivity contribution in [2.45, 2.75) is 51.6 Å². The maximum atomic E-state index is 11.5. The average molecular weight is 248 g/mol. The molecule has 1 rings (SSSR count). The van der Waals surface area contributed by atoms with E-state index in [4.69, 9.17) is 0 Å². The molecule has 1 aliphatic carbocycles. The summed E-state index contributed by atoms with van der Waals surface area (Å²) in [6.45, 7) is 5.38. The highest BCUT2D eigenvalue weighted by Gasteiger charge is 2.20. The largest absolute Gasteiger partial charge is 0.314 e. The van der Waals surface area contributed by atoms with Gasteiger partial charge in [-0.05, 0) is 39.7 Å². The minimum absolute atomic E-state index is 0.0544. The third kappa shape index (κ3) is 4.39. The average Bonchev–Trinajstić information content (AvgIpc) is 2.04. The van der Waals surface area contributed by atoms with Gasteiger partial charge in [-0.25, -0.2) is 8.42 Å². The molecule has 16 heavy (non-hydrogen) atoms. The summed E-state index contributed by atoms with van der Waals surface area (Å²) in [4.78, 5) is 0. The molecule has 0 aromatic carbocycles. The fourth-order valence-corrected chi connectivity index (χ4v) is 3.19. The molecule has 0 spiro atoms. The van der Waals surface area contributed by atoms with Gasteiger partial charge in [0.15, 0.2) is 0 Å². The van der Waals surface area contributed by atoms with Crippen molar-refractivity contribution in [1.82, 2.24) is 9.62 Å². The van der Waals surface area contributed by atoms with Crippen LogP contribution in [0.1, 0.15) is 39.5 Å². The highest BCUT2D eigenvalue weighted by molar-refractivity contribution is 7.88. The third-order valence-corrected chi connectivity index (χ3v) is 4.55. The van der Waals surface area contributed by atoms with Crippen LogP contribution in [0, 0.1) is 0 Å². The molecule has 0 atom stereocenters. The van der Waals surface area contributed by atoms with Crippen LogP contribution >= 0.6 is 0 Å². The number of nitrogens with one attached hydrogen (secondary N) is 1. The number of rotatable bonds is 7. The monoisotopic (exact) mass is 248 g/mol. The first-order chi connectivity index (χ1) is 7.41. The Balaban J connectivity index is 2.22. The summed E-state index contributed by atoms with van der Waals surface area (Å²) in [5.74, 6) is 0. The third-order valence-electron chi connectivity index (χ3n) is 3.10. The Bertz CT molecular complexity index is 297. The minimum Gasteiger partial charge on any atom is -0.314 e. The Morgan fingerprint density at radius 1 is 1.38 bits per heavy atom. The lowest BCUT2D eigenvalue weighted by atomic mass is 9.93. The zero-order chi connectivity index (χ0) is 12.2. The van der Waals surface area contributed by atoms with Gasteiger partial charge in [0.2, 0.25) is 10.0 Å². The zero-order valence-electron chi connectivity index (χ0n) is 10.6. The molecule has 0 heterocycles. The minimum atomic E-state index is -3.05. The van der Waals surface area contributed by atoms with E-state index < -0.39 is 10.0 Å². The van der Waals surface area contributed by atoms with Crippen LogP contribution in [-0.4, -0.2) is 44.2 Å². The summed E-state index contributed by atoms with van der Waals surface area (Å²) in [6, 6.07) is 0.740. The smallest absolute Gasteiger partial charge is 0.211 e. The van der Waals surface area contributed by atoms with Crippen molar-refractivity contribution in [3.8, 4) is 0 Å². The zero-order valence-corrected chi connectivity index (χ0v) is 11.4. The number of hydrogen-bond donors (Lipinski definition) is 1. The number of sulfonamides is 1. The molecule has 0 aliphatic heterocycles. The van der Waals surface area contributed by atoms with E-state index in [9.17, 15) is 8.42 Å². The van der Waals surface area contributed by atoms with Gasteiger partial charge in [0.05, 0.1) is 6.26 Å². The van der Waals surface area contributed by atoms with E-state index in [1.807, 2.05) is 13.8 Å². The van der Waals surface area contributed by atoms with Crippen LogP contribution in [0.15, 0.2) is 0 Å². The van der Waals surface area contributed by atoms with Gasteiger partial charge < -0.3 is 5.32 Å². The van der Waals surface area contributed by atoms with Crippen LogP contribution in [0.3, 0.4) is 0 Å². The second-order valence-electron chi connectivity index (χ2n) is 4.90. The first-order valence-electron chi connectivity index (χ1n) is 6.11. The molecule has 1 N–H and O–H groups in total. The molecule has 5 heteroatoms. The molecule has 0 aromatic rings. The van der Waals surface area contributed by atoms with Gasteiger partial charge in [0.25, 0.3) is 0 Å². The lowest BCUT2D eigenvalue weighted by Gasteiger charge is -2.28. The Labute approximate surface area is 99.5 Å². The maximum absolute atomic E-state index is 11.5. The van der Waals surface area contributed by atoms with Crippen molar-refractivity contribution in [2.24, 2.45) is 0 Å². The Morgan fingerprint density at radius 2 is 2.00 bits per heavy atom. The molecule has 1 aliphatic rings.